The van der Waals surface area contributed by atoms with E-state index < -0.39 is 0 Å². The summed E-state index contributed by atoms with van der Waals surface area (Å²) in [5.74, 6) is 0.671. The maximum absolute atomic E-state index is 3.64. The quantitative estimate of drug-likeness (QED) is 0.739. The number of hydrogen-bond acceptors (Lipinski definition) is 1. The van der Waals surface area contributed by atoms with Crippen LogP contribution in [0.3, 0.4) is 0 Å². The third kappa shape index (κ3) is 1.81. The Hall–Kier alpha value is -0.820. The van der Waals surface area contributed by atoms with Crippen molar-refractivity contribution in [3.05, 3.63) is 34.4 Å². The van der Waals surface area contributed by atoms with Crippen LogP contribution in [0.1, 0.15) is 42.1 Å². The maximum Gasteiger partial charge on any atom is 0.0348 e. The summed E-state index contributed by atoms with van der Waals surface area (Å²) in [6.45, 7) is 10.2. The highest BCUT2D eigenvalue weighted by atomic mass is 14.9. The third-order valence-electron chi connectivity index (χ3n) is 3.53. The van der Waals surface area contributed by atoms with Crippen LogP contribution >= 0.6 is 0 Å². The van der Waals surface area contributed by atoms with Gasteiger partial charge in [-0.2, -0.15) is 0 Å². The molecule has 0 saturated carbocycles. The van der Waals surface area contributed by atoms with Crippen molar-refractivity contribution in [2.75, 3.05) is 6.54 Å². The second-order valence-corrected chi connectivity index (χ2v) is 5.02. The lowest BCUT2D eigenvalue weighted by Gasteiger charge is -2.32. The molecule has 1 unspecified atom stereocenters. The molecule has 0 bridgehead atoms. The number of rotatable bonds is 1. The second-order valence-electron chi connectivity index (χ2n) is 5.02. The van der Waals surface area contributed by atoms with Gasteiger partial charge in [-0.15, -0.1) is 0 Å². The average Bonchev–Trinajstić information content (AvgIpc) is 2.23. The van der Waals surface area contributed by atoms with Crippen molar-refractivity contribution in [1.29, 1.82) is 0 Å². The highest BCUT2D eigenvalue weighted by Crippen LogP contribution is 2.32. The van der Waals surface area contributed by atoms with Gasteiger partial charge >= 0.3 is 0 Å². The van der Waals surface area contributed by atoms with Gasteiger partial charge in [0, 0.05) is 6.04 Å². The SMILES string of the molecule is Cc1ccc(C)c2c1CCNC2C(C)C. The standard InChI is InChI=1S/C14H21N/c1-9(2)14-13-11(4)6-5-10(3)12(13)7-8-15-14/h5-6,9,14-15H,7-8H2,1-4H3. The first-order valence-corrected chi connectivity index (χ1v) is 5.93. The zero-order valence-corrected chi connectivity index (χ0v) is 10.2. The van der Waals surface area contributed by atoms with Gasteiger partial charge in [0.15, 0.2) is 0 Å². The lowest BCUT2D eigenvalue weighted by atomic mass is 9.83. The molecule has 0 amide bonds. The zero-order valence-electron chi connectivity index (χ0n) is 10.2. The van der Waals surface area contributed by atoms with E-state index in [0.717, 1.165) is 6.54 Å². The number of benzene rings is 1. The molecular weight excluding hydrogens is 182 g/mol. The van der Waals surface area contributed by atoms with E-state index in [1.165, 1.54) is 17.5 Å². The molecule has 0 spiro atoms. The monoisotopic (exact) mass is 203 g/mol. The van der Waals surface area contributed by atoms with Crippen molar-refractivity contribution in [2.45, 2.75) is 40.2 Å². The molecular formula is C14H21N. The molecule has 0 radical (unpaired) electrons. The van der Waals surface area contributed by atoms with Gasteiger partial charge < -0.3 is 5.32 Å². The first kappa shape index (κ1) is 10.7. The molecule has 15 heavy (non-hydrogen) atoms. The predicted octanol–water partition coefficient (Wildman–Crippen LogP) is 3.15. The Morgan fingerprint density at radius 2 is 1.87 bits per heavy atom. The number of fused-ring (bicyclic) bond motifs is 1. The van der Waals surface area contributed by atoms with Crippen LogP contribution in [-0.4, -0.2) is 6.54 Å². The molecule has 1 heteroatoms. The van der Waals surface area contributed by atoms with Gasteiger partial charge in [0.1, 0.15) is 0 Å². The van der Waals surface area contributed by atoms with E-state index in [2.05, 4.69) is 45.1 Å². The first-order valence-electron chi connectivity index (χ1n) is 5.93. The maximum atomic E-state index is 3.64. The molecule has 1 aromatic carbocycles. The van der Waals surface area contributed by atoms with Crippen LogP contribution in [-0.2, 0) is 6.42 Å². The summed E-state index contributed by atoms with van der Waals surface area (Å²) >= 11 is 0. The molecule has 1 aliphatic rings. The Morgan fingerprint density at radius 1 is 1.20 bits per heavy atom. The van der Waals surface area contributed by atoms with Gasteiger partial charge in [-0.05, 0) is 55.0 Å². The van der Waals surface area contributed by atoms with Gasteiger partial charge in [-0.25, -0.2) is 0 Å². The first-order chi connectivity index (χ1) is 7.11. The highest BCUT2D eigenvalue weighted by molar-refractivity contribution is 5.43. The molecule has 1 heterocycles. The summed E-state index contributed by atoms with van der Waals surface area (Å²) < 4.78 is 0. The third-order valence-corrected chi connectivity index (χ3v) is 3.53. The molecule has 1 aliphatic heterocycles. The van der Waals surface area contributed by atoms with Crippen molar-refractivity contribution in [2.24, 2.45) is 5.92 Å². The van der Waals surface area contributed by atoms with E-state index in [4.69, 9.17) is 0 Å². The molecule has 2 rings (SSSR count). The summed E-state index contributed by atoms with van der Waals surface area (Å²) in [6, 6.07) is 5.07. The molecule has 1 nitrogen and oxygen atoms in total. The van der Waals surface area contributed by atoms with Gasteiger partial charge in [0.05, 0.1) is 0 Å². The zero-order chi connectivity index (χ0) is 11.0. The van der Waals surface area contributed by atoms with Crippen molar-refractivity contribution < 1.29 is 0 Å². The van der Waals surface area contributed by atoms with E-state index in [0.29, 0.717) is 12.0 Å². The lowest BCUT2D eigenvalue weighted by molar-refractivity contribution is 0.393. The highest BCUT2D eigenvalue weighted by Gasteiger charge is 2.24. The topological polar surface area (TPSA) is 12.0 Å². The summed E-state index contributed by atoms with van der Waals surface area (Å²) in [7, 11) is 0. The number of aryl methyl sites for hydroxylation is 2. The van der Waals surface area contributed by atoms with Gasteiger partial charge in [-0.1, -0.05) is 26.0 Å². The Balaban J connectivity index is 2.54. The molecule has 1 N–H and O–H groups in total. The fraction of sp³-hybridized carbons (Fsp3) is 0.571. The molecule has 82 valence electrons. The predicted molar refractivity (Wildman–Crippen MR) is 65.2 cm³/mol. The molecule has 0 saturated heterocycles. The van der Waals surface area contributed by atoms with E-state index >= 15 is 0 Å². The van der Waals surface area contributed by atoms with Gasteiger partial charge in [0.2, 0.25) is 0 Å². The molecule has 0 aromatic heterocycles. The van der Waals surface area contributed by atoms with E-state index in [-0.39, 0.29) is 0 Å². The lowest BCUT2D eigenvalue weighted by Crippen LogP contribution is -2.34. The summed E-state index contributed by atoms with van der Waals surface area (Å²) in [6.07, 6.45) is 1.19. The van der Waals surface area contributed by atoms with Crippen molar-refractivity contribution in [1.82, 2.24) is 5.32 Å². The minimum Gasteiger partial charge on any atom is -0.309 e. The molecule has 1 aromatic rings. The van der Waals surface area contributed by atoms with Crippen molar-refractivity contribution in [3.63, 3.8) is 0 Å². The summed E-state index contributed by atoms with van der Waals surface area (Å²) in [4.78, 5) is 0. The Labute approximate surface area is 92.9 Å². The Bertz CT molecular complexity index is 366. The van der Waals surface area contributed by atoms with Crippen molar-refractivity contribution in [3.8, 4) is 0 Å². The van der Waals surface area contributed by atoms with Gasteiger partial charge in [0.25, 0.3) is 0 Å². The van der Waals surface area contributed by atoms with E-state index in [9.17, 15) is 0 Å². The second kappa shape index (κ2) is 3.97. The van der Waals surface area contributed by atoms with Crippen LogP contribution in [0.25, 0.3) is 0 Å². The number of hydrogen-bond donors (Lipinski definition) is 1. The molecule has 0 fully saturated rings. The summed E-state index contributed by atoms with van der Waals surface area (Å²) in [5.41, 5.74) is 6.06. The minimum atomic E-state index is 0.550. The summed E-state index contributed by atoms with van der Waals surface area (Å²) in [5, 5.41) is 3.64. The largest absolute Gasteiger partial charge is 0.309 e. The minimum absolute atomic E-state index is 0.550. The van der Waals surface area contributed by atoms with Crippen LogP contribution in [0.4, 0.5) is 0 Å². The van der Waals surface area contributed by atoms with Crippen molar-refractivity contribution >= 4 is 0 Å². The molecule has 0 aliphatic carbocycles. The fourth-order valence-corrected chi connectivity index (χ4v) is 2.68. The molecule has 1 atom stereocenters. The van der Waals surface area contributed by atoms with Crippen LogP contribution in [0.2, 0.25) is 0 Å². The van der Waals surface area contributed by atoms with Crippen LogP contribution < -0.4 is 5.32 Å². The Morgan fingerprint density at radius 3 is 2.53 bits per heavy atom. The van der Waals surface area contributed by atoms with E-state index in [1.54, 1.807) is 11.1 Å². The van der Waals surface area contributed by atoms with Crippen LogP contribution in [0, 0.1) is 19.8 Å². The van der Waals surface area contributed by atoms with Crippen LogP contribution in [0.15, 0.2) is 12.1 Å². The van der Waals surface area contributed by atoms with Crippen LogP contribution in [0.5, 0.6) is 0 Å². The average molecular weight is 203 g/mol. The number of nitrogens with one attached hydrogen (secondary N) is 1. The fourth-order valence-electron chi connectivity index (χ4n) is 2.68. The normalized spacial score (nSPS) is 20.5. The van der Waals surface area contributed by atoms with Gasteiger partial charge in [-0.3, -0.25) is 0 Å². The van der Waals surface area contributed by atoms with E-state index in [1.807, 2.05) is 0 Å². The smallest absolute Gasteiger partial charge is 0.0348 e. The Kier molecular flexibility index (Phi) is 2.83.